The van der Waals surface area contributed by atoms with Gasteiger partial charge in [-0.2, -0.15) is 0 Å². The molecule has 2 aromatic rings. The average Bonchev–Trinajstić information content (AvgIpc) is 3.12. The van der Waals surface area contributed by atoms with Crippen LogP contribution < -0.4 is 10.0 Å². The first-order valence-corrected chi connectivity index (χ1v) is 9.78. The van der Waals surface area contributed by atoms with Gasteiger partial charge in [-0.25, -0.2) is 8.42 Å². The van der Waals surface area contributed by atoms with Gasteiger partial charge in [0.1, 0.15) is 4.90 Å². The molecule has 0 unspecified atom stereocenters. The topological polar surface area (TPSA) is 58.2 Å². The summed E-state index contributed by atoms with van der Waals surface area (Å²) in [5.41, 5.74) is 0.552. The third-order valence-corrected chi connectivity index (χ3v) is 6.21. The smallest absolute Gasteiger partial charge is 0.263 e. The Hall–Kier alpha value is -0.890. The van der Waals surface area contributed by atoms with E-state index in [0.717, 1.165) is 9.35 Å². The van der Waals surface area contributed by atoms with E-state index >= 15 is 0 Å². The zero-order valence-corrected chi connectivity index (χ0v) is 14.4. The molecule has 2 N–H and O–H groups in total. The van der Waals surface area contributed by atoms with Crippen LogP contribution in [0, 0.1) is 0 Å². The zero-order valence-electron chi connectivity index (χ0n) is 11.2. The summed E-state index contributed by atoms with van der Waals surface area (Å²) in [7, 11) is -3.55. The number of halogens is 1. The largest absolute Gasteiger partial charge is 0.309 e. The minimum atomic E-state index is -3.55. The Morgan fingerprint density at radius 2 is 2.10 bits per heavy atom. The van der Waals surface area contributed by atoms with Crippen LogP contribution in [0.1, 0.15) is 17.7 Å². The van der Waals surface area contributed by atoms with Gasteiger partial charge in [0.25, 0.3) is 10.0 Å². The van der Waals surface area contributed by atoms with Crippen LogP contribution in [0.4, 0.5) is 5.69 Å². The molecule has 112 valence electrons. The lowest BCUT2D eigenvalue weighted by atomic mass is 10.3. The highest BCUT2D eigenvalue weighted by Gasteiger charge is 2.24. The molecule has 1 aromatic heterocycles. The number of benzene rings is 1. The maximum atomic E-state index is 12.5. The quantitative estimate of drug-likeness (QED) is 0.797. The summed E-state index contributed by atoms with van der Waals surface area (Å²) in [6, 6.07) is 9.34. The second-order valence-corrected chi connectivity index (χ2v) is 8.55. The van der Waals surface area contributed by atoms with E-state index < -0.39 is 10.0 Å². The Kier molecular flexibility index (Phi) is 4.35. The van der Waals surface area contributed by atoms with Gasteiger partial charge in [0.05, 0.1) is 0 Å². The number of nitrogens with one attached hydrogen (secondary N) is 2. The van der Waals surface area contributed by atoms with Crippen molar-refractivity contribution in [1.29, 1.82) is 0 Å². The number of hydrogen-bond donors (Lipinski definition) is 2. The van der Waals surface area contributed by atoms with E-state index in [1.165, 1.54) is 24.2 Å². The van der Waals surface area contributed by atoms with Crippen LogP contribution in [0.25, 0.3) is 0 Å². The molecule has 0 radical (unpaired) electrons. The van der Waals surface area contributed by atoms with Gasteiger partial charge in [0.2, 0.25) is 0 Å². The fourth-order valence-electron chi connectivity index (χ4n) is 1.98. The second-order valence-electron chi connectivity index (χ2n) is 4.98. The minimum Gasteiger partial charge on any atom is -0.309 e. The summed E-state index contributed by atoms with van der Waals surface area (Å²) in [5.74, 6) is 0. The standard InChI is InChI=1S/C14H15BrN2O2S2/c15-10-2-1-3-12(8-10)17-21(18,19)14-6-7-20-13(14)9-16-11-4-5-11/h1-3,6-8,11,16-17H,4-5,9H2. The van der Waals surface area contributed by atoms with E-state index in [1.54, 1.807) is 24.3 Å². The maximum Gasteiger partial charge on any atom is 0.263 e. The number of thiophene rings is 1. The van der Waals surface area contributed by atoms with Crippen molar-refractivity contribution in [2.24, 2.45) is 0 Å². The Morgan fingerprint density at radius 3 is 2.81 bits per heavy atom. The predicted molar refractivity (Wildman–Crippen MR) is 89.1 cm³/mol. The Bertz CT molecular complexity index is 739. The van der Waals surface area contributed by atoms with E-state index in [-0.39, 0.29) is 0 Å². The first kappa shape index (κ1) is 15.0. The van der Waals surface area contributed by atoms with Crippen LogP contribution in [0.5, 0.6) is 0 Å². The van der Waals surface area contributed by atoms with Gasteiger partial charge in [0.15, 0.2) is 0 Å². The van der Waals surface area contributed by atoms with Gasteiger partial charge < -0.3 is 5.32 Å². The van der Waals surface area contributed by atoms with Gasteiger partial charge in [0, 0.05) is 27.6 Å². The number of rotatable bonds is 6. The molecule has 1 saturated carbocycles. The summed E-state index contributed by atoms with van der Waals surface area (Å²) in [4.78, 5) is 1.21. The summed E-state index contributed by atoms with van der Waals surface area (Å²) in [5, 5.41) is 5.17. The molecule has 0 amide bonds. The molecule has 4 nitrogen and oxygen atoms in total. The van der Waals surface area contributed by atoms with Crippen molar-refractivity contribution < 1.29 is 8.42 Å². The second kappa shape index (κ2) is 6.08. The fourth-order valence-corrected chi connectivity index (χ4v) is 4.83. The Labute approximate surface area is 136 Å². The van der Waals surface area contributed by atoms with E-state index in [1.807, 2.05) is 11.4 Å². The van der Waals surface area contributed by atoms with Gasteiger partial charge in [-0.1, -0.05) is 22.0 Å². The van der Waals surface area contributed by atoms with Crippen molar-refractivity contribution in [3.8, 4) is 0 Å². The first-order valence-electron chi connectivity index (χ1n) is 6.63. The third kappa shape index (κ3) is 3.85. The van der Waals surface area contributed by atoms with Crippen LogP contribution in [0.2, 0.25) is 0 Å². The Morgan fingerprint density at radius 1 is 1.29 bits per heavy atom. The molecule has 1 aliphatic carbocycles. The average molecular weight is 387 g/mol. The van der Waals surface area contributed by atoms with Crippen molar-refractivity contribution in [2.45, 2.75) is 30.3 Å². The predicted octanol–water partition coefficient (Wildman–Crippen LogP) is 3.56. The highest BCUT2D eigenvalue weighted by molar-refractivity contribution is 9.10. The van der Waals surface area contributed by atoms with Crippen LogP contribution in [-0.4, -0.2) is 14.5 Å². The molecule has 21 heavy (non-hydrogen) atoms. The molecule has 0 bridgehead atoms. The first-order chi connectivity index (χ1) is 10.0. The van der Waals surface area contributed by atoms with E-state index in [0.29, 0.717) is 23.2 Å². The molecule has 0 atom stereocenters. The van der Waals surface area contributed by atoms with Gasteiger partial charge >= 0.3 is 0 Å². The van der Waals surface area contributed by atoms with Crippen molar-refractivity contribution in [2.75, 3.05) is 4.72 Å². The molecule has 0 aliphatic heterocycles. The zero-order chi connectivity index (χ0) is 14.9. The van der Waals surface area contributed by atoms with Gasteiger partial charge in [-0.3, -0.25) is 4.72 Å². The number of hydrogen-bond acceptors (Lipinski definition) is 4. The molecule has 7 heteroatoms. The van der Waals surface area contributed by atoms with Gasteiger partial charge in [-0.05, 0) is 42.5 Å². The molecular formula is C14H15BrN2O2S2. The lowest BCUT2D eigenvalue weighted by Gasteiger charge is -2.09. The van der Waals surface area contributed by atoms with Crippen LogP contribution in [0.3, 0.4) is 0 Å². The summed E-state index contributed by atoms with van der Waals surface area (Å²) in [6.07, 6.45) is 2.37. The molecule has 1 heterocycles. The molecule has 3 rings (SSSR count). The van der Waals surface area contributed by atoms with Crippen molar-refractivity contribution in [3.63, 3.8) is 0 Å². The van der Waals surface area contributed by atoms with Crippen LogP contribution in [-0.2, 0) is 16.6 Å². The van der Waals surface area contributed by atoms with Crippen LogP contribution in [0.15, 0.2) is 45.1 Å². The SMILES string of the molecule is O=S(=O)(Nc1cccc(Br)c1)c1ccsc1CNC1CC1. The molecular weight excluding hydrogens is 372 g/mol. The lowest BCUT2D eigenvalue weighted by Crippen LogP contribution is -2.18. The van der Waals surface area contributed by atoms with Crippen molar-refractivity contribution >= 4 is 43.0 Å². The molecule has 1 fully saturated rings. The number of anilines is 1. The van der Waals surface area contributed by atoms with E-state index in [2.05, 4.69) is 26.0 Å². The molecule has 0 spiro atoms. The maximum absolute atomic E-state index is 12.5. The van der Waals surface area contributed by atoms with E-state index in [4.69, 9.17) is 0 Å². The lowest BCUT2D eigenvalue weighted by molar-refractivity contribution is 0.599. The highest BCUT2D eigenvalue weighted by atomic mass is 79.9. The van der Waals surface area contributed by atoms with Crippen molar-refractivity contribution in [3.05, 3.63) is 45.1 Å². The third-order valence-electron chi connectivity index (χ3n) is 3.20. The fraction of sp³-hybridized carbons (Fsp3) is 0.286. The summed E-state index contributed by atoms with van der Waals surface area (Å²) >= 11 is 4.81. The normalized spacial score (nSPS) is 15.1. The summed E-state index contributed by atoms with van der Waals surface area (Å²) < 4.78 is 28.5. The van der Waals surface area contributed by atoms with Gasteiger partial charge in [-0.15, -0.1) is 11.3 Å². The van der Waals surface area contributed by atoms with Crippen LogP contribution >= 0.6 is 27.3 Å². The highest BCUT2D eigenvalue weighted by Crippen LogP contribution is 2.27. The van der Waals surface area contributed by atoms with E-state index in [9.17, 15) is 8.42 Å². The Balaban J connectivity index is 1.79. The molecule has 1 aromatic carbocycles. The minimum absolute atomic E-state index is 0.362. The number of sulfonamides is 1. The van der Waals surface area contributed by atoms with Crippen molar-refractivity contribution in [1.82, 2.24) is 5.32 Å². The summed E-state index contributed by atoms with van der Waals surface area (Å²) in [6.45, 7) is 0.608. The molecule has 1 aliphatic rings. The molecule has 0 saturated heterocycles. The monoisotopic (exact) mass is 386 g/mol.